The fourth-order valence-electron chi connectivity index (χ4n) is 2.92. The first-order chi connectivity index (χ1) is 10.8. The number of hydrogen-bond acceptors (Lipinski definition) is 5. The highest BCUT2D eigenvalue weighted by molar-refractivity contribution is 5.72. The van der Waals surface area contributed by atoms with Crippen LogP contribution < -0.4 is 11.1 Å². The Labute approximate surface area is 130 Å². The van der Waals surface area contributed by atoms with Gasteiger partial charge in [-0.1, -0.05) is 6.42 Å². The van der Waals surface area contributed by atoms with Gasteiger partial charge in [0.1, 0.15) is 11.4 Å². The molecular weight excluding hydrogens is 309 g/mol. The van der Waals surface area contributed by atoms with E-state index in [1.54, 1.807) is 11.7 Å². The molecule has 0 saturated heterocycles. The van der Waals surface area contributed by atoms with E-state index in [4.69, 9.17) is 5.73 Å². The second-order valence-electron chi connectivity index (χ2n) is 5.60. The molecular formula is C14H17F3N6. The summed E-state index contributed by atoms with van der Waals surface area (Å²) in [5, 5.41) is 6.59. The molecule has 3 rings (SSSR count). The van der Waals surface area contributed by atoms with Gasteiger partial charge in [-0.3, -0.25) is 4.68 Å². The van der Waals surface area contributed by atoms with Crippen molar-refractivity contribution in [2.75, 3.05) is 18.1 Å². The van der Waals surface area contributed by atoms with Gasteiger partial charge in [0.15, 0.2) is 0 Å². The summed E-state index contributed by atoms with van der Waals surface area (Å²) >= 11 is 0. The van der Waals surface area contributed by atoms with Crippen LogP contribution in [0.2, 0.25) is 0 Å². The third kappa shape index (κ3) is 2.60. The van der Waals surface area contributed by atoms with Crippen LogP contribution in [0.15, 0.2) is 6.20 Å². The van der Waals surface area contributed by atoms with Crippen LogP contribution in [-0.4, -0.2) is 26.8 Å². The van der Waals surface area contributed by atoms with Gasteiger partial charge < -0.3 is 11.1 Å². The van der Waals surface area contributed by atoms with Crippen LogP contribution in [0, 0.1) is 0 Å². The average Bonchev–Trinajstić information content (AvgIpc) is 2.76. The number of aromatic nitrogens is 4. The second kappa shape index (κ2) is 5.39. The van der Waals surface area contributed by atoms with Crippen molar-refractivity contribution >= 4 is 11.8 Å². The lowest BCUT2D eigenvalue weighted by Crippen LogP contribution is -2.18. The molecule has 2 aromatic heterocycles. The highest BCUT2D eigenvalue weighted by atomic mass is 19.4. The molecule has 2 heterocycles. The van der Waals surface area contributed by atoms with Gasteiger partial charge in [-0.05, 0) is 12.8 Å². The standard InChI is InChI=1S/C14H17F3N6/c1-19-12-9(14(15,16)17)10(21-13(18)22-12)8-6-20-23(2)11(8)7-4-3-5-7/h6-7H,3-5H2,1-2H3,(H3,18,19,21,22). The van der Waals surface area contributed by atoms with E-state index < -0.39 is 11.7 Å². The summed E-state index contributed by atoms with van der Waals surface area (Å²) < 4.78 is 42.3. The third-order valence-corrected chi connectivity index (χ3v) is 4.18. The zero-order valence-corrected chi connectivity index (χ0v) is 12.8. The van der Waals surface area contributed by atoms with Gasteiger partial charge in [0.2, 0.25) is 5.95 Å². The Morgan fingerprint density at radius 2 is 2.00 bits per heavy atom. The van der Waals surface area contributed by atoms with Crippen LogP contribution >= 0.6 is 0 Å². The summed E-state index contributed by atoms with van der Waals surface area (Å²) in [6, 6.07) is 0. The molecule has 0 amide bonds. The number of anilines is 2. The molecule has 2 aromatic rings. The van der Waals surface area contributed by atoms with Crippen LogP contribution in [0.25, 0.3) is 11.3 Å². The van der Waals surface area contributed by atoms with Gasteiger partial charge in [0, 0.05) is 25.6 Å². The number of alkyl halides is 3. The lowest BCUT2D eigenvalue weighted by molar-refractivity contribution is -0.136. The quantitative estimate of drug-likeness (QED) is 0.906. The molecule has 1 fully saturated rings. The van der Waals surface area contributed by atoms with Crippen LogP contribution in [0.1, 0.15) is 36.4 Å². The van der Waals surface area contributed by atoms with Crippen molar-refractivity contribution in [3.05, 3.63) is 17.5 Å². The van der Waals surface area contributed by atoms with E-state index in [1.807, 2.05) is 0 Å². The minimum Gasteiger partial charge on any atom is -0.372 e. The molecule has 124 valence electrons. The third-order valence-electron chi connectivity index (χ3n) is 4.18. The van der Waals surface area contributed by atoms with Crippen LogP contribution in [-0.2, 0) is 13.2 Å². The first-order valence-corrected chi connectivity index (χ1v) is 7.27. The Kier molecular flexibility index (Phi) is 3.65. The summed E-state index contributed by atoms with van der Waals surface area (Å²) in [4.78, 5) is 7.55. The summed E-state index contributed by atoms with van der Waals surface area (Å²) in [6.45, 7) is 0. The Morgan fingerprint density at radius 1 is 1.30 bits per heavy atom. The molecule has 0 aromatic carbocycles. The predicted molar refractivity (Wildman–Crippen MR) is 79.8 cm³/mol. The predicted octanol–water partition coefficient (Wildman–Crippen LogP) is 2.79. The van der Waals surface area contributed by atoms with Gasteiger partial charge in [0.25, 0.3) is 0 Å². The minimum absolute atomic E-state index is 0.202. The summed E-state index contributed by atoms with van der Waals surface area (Å²) in [5.41, 5.74) is 5.61. The molecule has 1 aliphatic rings. The van der Waals surface area contributed by atoms with E-state index in [0.29, 0.717) is 5.56 Å². The van der Waals surface area contributed by atoms with Gasteiger partial charge in [-0.2, -0.15) is 23.3 Å². The maximum atomic E-state index is 13.6. The van der Waals surface area contributed by atoms with E-state index in [1.165, 1.54) is 13.2 Å². The van der Waals surface area contributed by atoms with Crippen molar-refractivity contribution in [3.63, 3.8) is 0 Å². The second-order valence-corrected chi connectivity index (χ2v) is 5.60. The molecule has 1 saturated carbocycles. The van der Waals surface area contributed by atoms with E-state index in [-0.39, 0.29) is 23.4 Å². The Balaban J connectivity index is 2.26. The molecule has 0 bridgehead atoms. The monoisotopic (exact) mass is 326 g/mol. The molecule has 0 aliphatic heterocycles. The number of nitrogens with zero attached hydrogens (tertiary/aromatic N) is 4. The van der Waals surface area contributed by atoms with Crippen molar-refractivity contribution in [2.24, 2.45) is 7.05 Å². The van der Waals surface area contributed by atoms with Gasteiger partial charge in [-0.15, -0.1) is 0 Å². The fraction of sp³-hybridized carbons (Fsp3) is 0.500. The normalized spacial score (nSPS) is 15.5. The first kappa shape index (κ1) is 15.6. The largest absolute Gasteiger partial charge is 0.422 e. The molecule has 23 heavy (non-hydrogen) atoms. The molecule has 0 radical (unpaired) electrons. The van der Waals surface area contributed by atoms with E-state index in [0.717, 1.165) is 25.0 Å². The van der Waals surface area contributed by atoms with Crippen molar-refractivity contribution in [2.45, 2.75) is 31.4 Å². The molecule has 0 unspecified atom stereocenters. The van der Waals surface area contributed by atoms with Crippen molar-refractivity contribution in [1.29, 1.82) is 0 Å². The van der Waals surface area contributed by atoms with Crippen molar-refractivity contribution in [3.8, 4) is 11.3 Å². The minimum atomic E-state index is -4.60. The lowest BCUT2D eigenvalue weighted by atomic mass is 9.81. The fourth-order valence-corrected chi connectivity index (χ4v) is 2.92. The zero-order valence-electron chi connectivity index (χ0n) is 12.8. The average molecular weight is 326 g/mol. The number of hydrogen-bond donors (Lipinski definition) is 2. The van der Waals surface area contributed by atoms with E-state index >= 15 is 0 Å². The topological polar surface area (TPSA) is 81.7 Å². The highest BCUT2D eigenvalue weighted by Crippen LogP contribution is 2.45. The molecule has 0 atom stereocenters. The Hall–Kier alpha value is -2.32. The molecule has 6 nitrogen and oxygen atoms in total. The highest BCUT2D eigenvalue weighted by Gasteiger charge is 2.40. The van der Waals surface area contributed by atoms with Crippen LogP contribution in [0.5, 0.6) is 0 Å². The van der Waals surface area contributed by atoms with Gasteiger partial charge >= 0.3 is 6.18 Å². The molecule has 9 heteroatoms. The van der Waals surface area contributed by atoms with Crippen LogP contribution in [0.4, 0.5) is 24.9 Å². The van der Waals surface area contributed by atoms with Gasteiger partial charge in [0.05, 0.1) is 17.6 Å². The molecule has 3 N–H and O–H groups in total. The van der Waals surface area contributed by atoms with Gasteiger partial charge in [-0.25, -0.2) is 4.98 Å². The van der Waals surface area contributed by atoms with E-state index in [2.05, 4.69) is 20.4 Å². The molecule has 0 spiro atoms. The number of aryl methyl sites for hydroxylation is 1. The smallest absolute Gasteiger partial charge is 0.372 e. The summed E-state index contributed by atoms with van der Waals surface area (Å²) in [5.74, 6) is -0.336. The Morgan fingerprint density at radius 3 is 2.52 bits per heavy atom. The number of nitrogen functional groups attached to an aromatic ring is 1. The number of nitrogens with one attached hydrogen (secondary N) is 1. The first-order valence-electron chi connectivity index (χ1n) is 7.27. The zero-order chi connectivity index (χ0) is 16.8. The molecule has 1 aliphatic carbocycles. The number of halogens is 3. The number of nitrogens with two attached hydrogens (primary N) is 1. The van der Waals surface area contributed by atoms with Crippen molar-refractivity contribution in [1.82, 2.24) is 19.7 Å². The van der Waals surface area contributed by atoms with Crippen molar-refractivity contribution < 1.29 is 13.2 Å². The van der Waals surface area contributed by atoms with E-state index in [9.17, 15) is 13.2 Å². The lowest BCUT2D eigenvalue weighted by Gasteiger charge is -2.27. The maximum absolute atomic E-state index is 13.6. The maximum Gasteiger partial charge on any atom is 0.422 e. The summed E-state index contributed by atoms with van der Waals surface area (Å²) in [6.07, 6.45) is -0.242. The summed E-state index contributed by atoms with van der Waals surface area (Å²) in [7, 11) is 3.10. The SMILES string of the molecule is CNc1nc(N)nc(-c2cnn(C)c2C2CCC2)c1C(F)(F)F. The number of rotatable bonds is 3. The Bertz CT molecular complexity index is 733. The van der Waals surface area contributed by atoms with Crippen LogP contribution in [0.3, 0.4) is 0 Å².